The molecule has 1 saturated heterocycles. The second kappa shape index (κ2) is 3.38. The summed E-state index contributed by atoms with van der Waals surface area (Å²) in [5, 5.41) is 0.116. The van der Waals surface area contributed by atoms with Crippen molar-refractivity contribution in [3.05, 3.63) is 22.8 Å². The predicted molar refractivity (Wildman–Crippen MR) is 58.8 cm³/mol. The van der Waals surface area contributed by atoms with E-state index in [0.29, 0.717) is 30.8 Å². The van der Waals surface area contributed by atoms with Gasteiger partial charge in [-0.1, -0.05) is 11.6 Å². The Morgan fingerprint density at radius 3 is 2.59 bits per heavy atom. The van der Waals surface area contributed by atoms with Gasteiger partial charge in [-0.15, -0.1) is 0 Å². The highest BCUT2D eigenvalue weighted by Gasteiger charge is 2.71. The van der Waals surface area contributed by atoms with Gasteiger partial charge in [0.15, 0.2) is 6.29 Å². The highest BCUT2D eigenvalue weighted by Crippen LogP contribution is 2.59. The topological polar surface area (TPSA) is 33.2 Å². The van der Waals surface area contributed by atoms with Crippen LogP contribution in [0.5, 0.6) is 0 Å². The van der Waals surface area contributed by atoms with Crippen LogP contribution in [0.2, 0.25) is 5.15 Å². The van der Waals surface area contributed by atoms with Crippen molar-refractivity contribution < 1.29 is 13.6 Å². The standard InChI is InChI=1S/C11H9ClF2N2O/c12-10-6(5-17)1-2-9(15-10)16-3-7-8(4-16)11(7,13)14/h1-2,5,7-8H,3-4H2. The van der Waals surface area contributed by atoms with Gasteiger partial charge in [-0.25, -0.2) is 13.8 Å². The number of halogens is 3. The molecule has 1 saturated carbocycles. The van der Waals surface area contributed by atoms with Gasteiger partial charge >= 0.3 is 0 Å². The Morgan fingerprint density at radius 1 is 1.41 bits per heavy atom. The van der Waals surface area contributed by atoms with E-state index >= 15 is 0 Å². The molecule has 0 bridgehead atoms. The van der Waals surface area contributed by atoms with E-state index < -0.39 is 17.8 Å². The molecule has 6 heteroatoms. The average molecular weight is 259 g/mol. The third kappa shape index (κ3) is 1.52. The molecule has 0 N–H and O–H groups in total. The normalized spacial score (nSPS) is 29.0. The van der Waals surface area contributed by atoms with Crippen LogP contribution in [0, 0.1) is 11.8 Å². The molecular weight excluding hydrogens is 250 g/mol. The molecule has 1 aliphatic carbocycles. The zero-order valence-corrected chi connectivity index (χ0v) is 9.49. The summed E-state index contributed by atoms with van der Waals surface area (Å²) < 4.78 is 26.0. The van der Waals surface area contributed by atoms with Gasteiger partial charge in [-0.05, 0) is 12.1 Å². The fourth-order valence-corrected chi connectivity index (χ4v) is 2.59. The number of carbonyl (C=O) groups is 1. The van der Waals surface area contributed by atoms with Gasteiger partial charge in [0, 0.05) is 13.1 Å². The lowest BCUT2D eigenvalue weighted by molar-refractivity contribution is 0.0797. The third-order valence-electron chi connectivity index (χ3n) is 3.51. The molecule has 1 aliphatic heterocycles. The Labute approximate surface area is 101 Å². The van der Waals surface area contributed by atoms with Crippen LogP contribution in [0.3, 0.4) is 0 Å². The number of fused-ring (bicyclic) bond motifs is 1. The van der Waals surface area contributed by atoms with Gasteiger partial charge in [0.2, 0.25) is 0 Å². The molecule has 0 spiro atoms. The SMILES string of the molecule is O=Cc1ccc(N2CC3C(C2)C3(F)F)nc1Cl. The number of hydrogen-bond acceptors (Lipinski definition) is 3. The van der Waals surface area contributed by atoms with Crippen LogP contribution in [0.4, 0.5) is 14.6 Å². The number of piperidine rings is 1. The van der Waals surface area contributed by atoms with Crippen LogP contribution in [0.1, 0.15) is 10.4 Å². The van der Waals surface area contributed by atoms with E-state index in [0.717, 1.165) is 0 Å². The zero-order valence-electron chi connectivity index (χ0n) is 8.74. The first kappa shape index (κ1) is 10.9. The smallest absolute Gasteiger partial charge is 0.258 e. The first-order valence-electron chi connectivity index (χ1n) is 5.28. The number of carbonyl (C=O) groups excluding carboxylic acids is 1. The molecule has 17 heavy (non-hydrogen) atoms. The van der Waals surface area contributed by atoms with Crippen molar-refractivity contribution in [1.82, 2.24) is 4.98 Å². The Bertz CT molecular complexity index is 480. The summed E-state index contributed by atoms with van der Waals surface area (Å²) in [6.07, 6.45) is 0.620. The Kier molecular flexibility index (Phi) is 2.17. The van der Waals surface area contributed by atoms with E-state index in [-0.39, 0.29) is 5.15 Å². The highest BCUT2D eigenvalue weighted by atomic mass is 35.5. The Morgan fingerprint density at radius 2 is 2.06 bits per heavy atom. The van der Waals surface area contributed by atoms with Crippen LogP contribution >= 0.6 is 11.6 Å². The van der Waals surface area contributed by atoms with E-state index in [2.05, 4.69) is 4.98 Å². The Hall–Kier alpha value is -1.23. The molecule has 0 radical (unpaired) electrons. The second-order valence-corrected chi connectivity index (χ2v) is 4.82. The van der Waals surface area contributed by atoms with Crippen LogP contribution < -0.4 is 4.90 Å². The lowest BCUT2D eigenvalue weighted by atomic mass is 10.3. The molecule has 3 rings (SSSR count). The van der Waals surface area contributed by atoms with E-state index in [1.165, 1.54) is 0 Å². The first-order valence-corrected chi connectivity index (χ1v) is 5.66. The summed E-state index contributed by atoms with van der Waals surface area (Å²) in [6, 6.07) is 3.19. The van der Waals surface area contributed by atoms with Crippen LogP contribution in [0.25, 0.3) is 0 Å². The lowest BCUT2D eigenvalue weighted by Gasteiger charge is -2.20. The summed E-state index contributed by atoms with van der Waals surface area (Å²) in [4.78, 5) is 16.4. The maximum atomic E-state index is 13.0. The van der Waals surface area contributed by atoms with Crippen molar-refractivity contribution in [2.75, 3.05) is 18.0 Å². The van der Waals surface area contributed by atoms with Crippen molar-refractivity contribution in [1.29, 1.82) is 0 Å². The van der Waals surface area contributed by atoms with Crippen LogP contribution in [-0.4, -0.2) is 30.3 Å². The molecule has 2 atom stereocenters. The molecule has 3 nitrogen and oxygen atoms in total. The number of aromatic nitrogens is 1. The molecular formula is C11H9ClF2N2O. The summed E-state index contributed by atoms with van der Waals surface area (Å²) in [6.45, 7) is 0.614. The minimum absolute atomic E-state index is 0.116. The van der Waals surface area contributed by atoms with Crippen molar-refractivity contribution in [2.24, 2.45) is 11.8 Å². The maximum Gasteiger partial charge on any atom is 0.258 e. The van der Waals surface area contributed by atoms with Crippen molar-refractivity contribution in [3.63, 3.8) is 0 Å². The number of alkyl halides is 2. The first-order chi connectivity index (χ1) is 8.04. The third-order valence-corrected chi connectivity index (χ3v) is 3.82. The molecule has 1 aromatic rings. The van der Waals surface area contributed by atoms with Crippen LogP contribution in [-0.2, 0) is 0 Å². The highest BCUT2D eigenvalue weighted by molar-refractivity contribution is 6.31. The van der Waals surface area contributed by atoms with Gasteiger partial charge in [0.1, 0.15) is 11.0 Å². The van der Waals surface area contributed by atoms with E-state index in [9.17, 15) is 13.6 Å². The number of aldehydes is 1. The second-order valence-electron chi connectivity index (χ2n) is 4.46. The molecule has 0 aromatic carbocycles. The number of rotatable bonds is 2. The fraction of sp³-hybridized carbons (Fsp3) is 0.455. The molecule has 2 heterocycles. The van der Waals surface area contributed by atoms with E-state index in [4.69, 9.17) is 11.6 Å². The number of pyridine rings is 1. The van der Waals surface area contributed by atoms with Gasteiger partial charge in [0.05, 0.1) is 17.4 Å². The van der Waals surface area contributed by atoms with Gasteiger partial charge in [-0.2, -0.15) is 0 Å². The zero-order chi connectivity index (χ0) is 12.2. The van der Waals surface area contributed by atoms with Crippen LogP contribution in [0.15, 0.2) is 12.1 Å². The minimum Gasteiger partial charge on any atom is -0.356 e. The van der Waals surface area contributed by atoms with Gasteiger partial charge < -0.3 is 4.90 Å². The molecule has 2 aliphatic rings. The summed E-state index contributed by atoms with van der Waals surface area (Å²) in [5.41, 5.74) is 0.310. The van der Waals surface area contributed by atoms with Gasteiger partial charge in [-0.3, -0.25) is 4.79 Å². The van der Waals surface area contributed by atoms with Gasteiger partial charge in [0.25, 0.3) is 5.92 Å². The number of hydrogen-bond donors (Lipinski definition) is 0. The summed E-state index contributed by atoms with van der Waals surface area (Å²) in [7, 11) is 0. The molecule has 90 valence electrons. The minimum atomic E-state index is -2.50. The van der Waals surface area contributed by atoms with Crippen molar-refractivity contribution in [3.8, 4) is 0 Å². The largest absolute Gasteiger partial charge is 0.356 e. The lowest BCUT2D eigenvalue weighted by Crippen LogP contribution is -2.28. The van der Waals surface area contributed by atoms with E-state index in [1.807, 2.05) is 0 Å². The van der Waals surface area contributed by atoms with Crippen molar-refractivity contribution >= 4 is 23.7 Å². The monoisotopic (exact) mass is 258 g/mol. The van der Waals surface area contributed by atoms with Crippen molar-refractivity contribution in [2.45, 2.75) is 5.92 Å². The summed E-state index contributed by atoms with van der Waals surface area (Å²) >= 11 is 5.79. The number of nitrogens with zero attached hydrogens (tertiary/aromatic N) is 2. The quantitative estimate of drug-likeness (QED) is 0.603. The molecule has 1 aromatic heterocycles. The number of anilines is 1. The molecule has 0 amide bonds. The maximum absolute atomic E-state index is 13.0. The average Bonchev–Trinajstić information content (AvgIpc) is 2.70. The summed E-state index contributed by atoms with van der Waals surface area (Å²) in [5.74, 6) is -3.03. The fourth-order valence-electron chi connectivity index (χ4n) is 2.39. The van der Waals surface area contributed by atoms with E-state index in [1.54, 1.807) is 17.0 Å². The molecule has 2 fully saturated rings. The molecule has 2 unspecified atom stereocenters. The predicted octanol–water partition coefficient (Wildman–Crippen LogP) is 2.25. The Balaban J connectivity index is 1.79.